The predicted molar refractivity (Wildman–Crippen MR) is 111 cm³/mol. The molecular weight excluding hydrogens is 428 g/mol. The average Bonchev–Trinajstić information content (AvgIpc) is 3.19. The quantitative estimate of drug-likeness (QED) is 0.689. The van der Waals surface area contributed by atoms with Crippen LogP contribution in [0.1, 0.15) is 73.6 Å². The van der Waals surface area contributed by atoms with Crippen molar-refractivity contribution in [1.29, 1.82) is 0 Å². The Morgan fingerprint density at radius 2 is 1.97 bits per heavy atom. The minimum Gasteiger partial charge on any atom is -0.340 e. The van der Waals surface area contributed by atoms with E-state index >= 15 is 0 Å². The second-order valence-corrected chi connectivity index (χ2v) is 10.6. The van der Waals surface area contributed by atoms with Gasteiger partial charge in [0, 0.05) is 19.0 Å². The molecule has 162 valence electrons. The Labute approximate surface area is 181 Å². The van der Waals surface area contributed by atoms with Crippen molar-refractivity contribution in [3.63, 3.8) is 0 Å². The van der Waals surface area contributed by atoms with Crippen LogP contribution in [0.5, 0.6) is 0 Å². The number of hydrogen-bond acceptors (Lipinski definition) is 6. The summed E-state index contributed by atoms with van der Waals surface area (Å²) in [7, 11) is -3.65. The van der Waals surface area contributed by atoms with Gasteiger partial charge in [0.05, 0.1) is 15.5 Å². The number of nitrogens with zero attached hydrogens (tertiary/aromatic N) is 3. The fourth-order valence-electron chi connectivity index (χ4n) is 3.53. The van der Waals surface area contributed by atoms with E-state index < -0.39 is 22.0 Å². The lowest BCUT2D eigenvalue weighted by atomic mass is 10.0. The monoisotopic (exact) mass is 452 g/mol. The number of amides is 1. The van der Waals surface area contributed by atoms with Crippen molar-refractivity contribution in [1.82, 2.24) is 19.8 Å². The average molecular weight is 453 g/mol. The lowest BCUT2D eigenvalue weighted by molar-refractivity contribution is 0.0914. The largest absolute Gasteiger partial charge is 0.340 e. The second-order valence-electron chi connectivity index (χ2n) is 8.21. The molecule has 1 aliphatic carbocycles. The maximum Gasteiger partial charge on any atom is 0.253 e. The first kappa shape index (κ1) is 21.3. The van der Waals surface area contributed by atoms with Gasteiger partial charge in [0.15, 0.2) is 5.82 Å². The molecule has 8 nitrogen and oxygen atoms in total. The minimum atomic E-state index is -3.65. The summed E-state index contributed by atoms with van der Waals surface area (Å²) in [6.07, 6.45) is 3.77. The molecule has 2 aromatic rings. The number of carbonyl (C=O) groups is 1. The third-order valence-corrected chi connectivity index (χ3v) is 7.73. The van der Waals surface area contributed by atoms with E-state index in [-0.39, 0.29) is 21.4 Å². The Morgan fingerprint density at radius 1 is 1.27 bits per heavy atom. The molecule has 0 spiro atoms. The highest BCUT2D eigenvalue weighted by Crippen LogP contribution is 2.38. The fraction of sp³-hybridized carbons (Fsp3) is 0.550. The van der Waals surface area contributed by atoms with Gasteiger partial charge in [-0.25, -0.2) is 8.42 Å². The number of sulfonamides is 1. The molecule has 2 fully saturated rings. The van der Waals surface area contributed by atoms with Crippen LogP contribution in [-0.4, -0.2) is 41.9 Å². The summed E-state index contributed by atoms with van der Waals surface area (Å²) >= 11 is 6.24. The molecular formula is C20H25ClN4O4S. The molecule has 1 amide bonds. The third-order valence-electron chi connectivity index (χ3n) is 5.50. The summed E-state index contributed by atoms with van der Waals surface area (Å²) in [5.74, 6) is 0.854. The molecule has 4 rings (SSSR count). The van der Waals surface area contributed by atoms with Gasteiger partial charge in [0.1, 0.15) is 6.04 Å². The van der Waals surface area contributed by atoms with Crippen molar-refractivity contribution in [2.24, 2.45) is 5.92 Å². The van der Waals surface area contributed by atoms with Gasteiger partial charge in [-0.1, -0.05) is 30.6 Å². The Hall–Kier alpha value is -1.97. The number of carbonyl (C=O) groups excluding carboxylic acids is 1. The molecule has 1 atom stereocenters. The standard InChI is InChI=1S/C20H25ClN4O4S/c1-12(2)17(20-23-18(24-29-20)13-5-6-13)22-19(26)15-11-14(7-8-16(15)21)30(27,28)25-9-3-4-10-25/h7-8,11-13,17H,3-6,9-10H2,1-2H3,(H,22,26). The van der Waals surface area contributed by atoms with E-state index in [4.69, 9.17) is 16.1 Å². The van der Waals surface area contributed by atoms with Crippen LogP contribution >= 0.6 is 11.6 Å². The van der Waals surface area contributed by atoms with Crippen LogP contribution in [0.15, 0.2) is 27.6 Å². The maximum absolute atomic E-state index is 13.0. The summed E-state index contributed by atoms with van der Waals surface area (Å²) in [5, 5.41) is 7.08. The van der Waals surface area contributed by atoms with Gasteiger partial charge in [0.25, 0.3) is 5.91 Å². The first-order chi connectivity index (χ1) is 14.3. The number of nitrogens with one attached hydrogen (secondary N) is 1. The van der Waals surface area contributed by atoms with E-state index in [0.29, 0.717) is 30.7 Å². The normalized spacial score (nSPS) is 18.7. The predicted octanol–water partition coefficient (Wildman–Crippen LogP) is 3.51. The van der Waals surface area contributed by atoms with E-state index in [1.54, 1.807) is 0 Å². The first-order valence-electron chi connectivity index (χ1n) is 10.2. The van der Waals surface area contributed by atoms with Crippen molar-refractivity contribution >= 4 is 27.5 Å². The molecule has 1 saturated heterocycles. The lowest BCUT2D eigenvalue weighted by Gasteiger charge is -2.20. The Balaban J connectivity index is 1.58. The minimum absolute atomic E-state index is 0.0169. The maximum atomic E-state index is 13.0. The zero-order valence-electron chi connectivity index (χ0n) is 17.0. The van der Waals surface area contributed by atoms with Gasteiger partial charge in [-0.2, -0.15) is 9.29 Å². The van der Waals surface area contributed by atoms with E-state index in [1.165, 1.54) is 22.5 Å². The topological polar surface area (TPSA) is 105 Å². The van der Waals surface area contributed by atoms with Crippen molar-refractivity contribution < 1.29 is 17.7 Å². The second kappa shape index (κ2) is 8.28. The highest BCUT2D eigenvalue weighted by atomic mass is 35.5. The van der Waals surface area contributed by atoms with Crippen LogP contribution in [0.4, 0.5) is 0 Å². The highest BCUT2D eigenvalue weighted by molar-refractivity contribution is 7.89. The van der Waals surface area contributed by atoms with Crippen molar-refractivity contribution in [2.45, 2.75) is 56.4 Å². The van der Waals surface area contributed by atoms with Gasteiger partial charge < -0.3 is 9.84 Å². The van der Waals surface area contributed by atoms with Gasteiger partial charge in [-0.05, 0) is 49.8 Å². The van der Waals surface area contributed by atoms with E-state index in [2.05, 4.69) is 15.5 Å². The van der Waals surface area contributed by atoms with E-state index in [9.17, 15) is 13.2 Å². The molecule has 1 aromatic heterocycles. The number of aromatic nitrogens is 2. The molecule has 1 aromatic carbocycles. The van der Waals surface area contributed by atoms with Gasteiger partial charge in [-0.3, -0.25) is 4.79 Å². The SMILES string of the molecule is CC(C)C(NC(=O)c1cc(S(=O)(=O)N2CCCC2)ccc1Cl)c1nc(C2CC2)no1. The van der Waals surface area contributed by atoms with E-state index in [1.807, 2.05) is 13.8 Å². The summed E-state index contributed by atoms with van der Waals surface area (Å²) in [6.45, 7) is 4.84. The summed E-state index contributed by atoms with van der Waals surface area (Å²) in [6, 6.07) is 3.72. The molecule has 2 aliphatic rings. The molecule has 0 radical (unpaired) electrons. The van der Waals surface area contributed by atoms with Crippen LogP contribution in [-0.2, 0) is 10.0 Å². The highest BCUT2D eigenvalue weighted by Gasteiger charge is 2.33. The molecule has 0 bridgehead atoms. The van der Waals surface area contributed by atoms with Gasteiger partial charge in [0.2, 0.25) is 15.9 Å². The van der Waals surface area contributed by atoms with Crippen molar-refractivity contribution in [3.05, 3.63) is 40.5 Å². The Morgan fingerprint density at radius 3 is 2.60 bits per heavy atom. The number of halogens is 1. The zero-order valence-corrected chi connectivity index (χ0v) is 18.5. The smallest absolute Gasteiger partial charge is 0.253 e. The number of benzene rings is 1. The third kappa shape index (κ3) is 4.24. The van der Waals surface area contributed by atoms with E-state index in [0.717, 1.165) is 25.7 Å². The summed E-state index contributed by atoms with van der Waals surface area (Å²) < 4.78 is 32.6. The first-order valence-corrected chi connectivity index (χ1v) is 12.0. The van der Waals surface area contributed by atoms with Crippen LogP contribution in [0.25, 0.3) is 0 Å². The molecule has 2 heterocycles. The molecule has 1 N–H and O–H groups in total. The number of hydrogen-bond donors (Lipinski definition) is 1. The zero-order chi connectivity index (χ0) is 21.5. The molecule has 10 heteroatoms. The molecule has 30 heavy (non-hydrogen) atoms. The Bertz CT molecular complexity index is 1040. The Kier molecular flexibility index (Phi) is 5.87. The molecule has 1 aliphatic heterocycles. The van der Waals surface area contributed by atoms with Crippen molar-refractivity contribution in [3.8, 4) is 0 Å². The van der Waals surface area contributed by atoms with Crippen LogP contribution in [0, 0.1) is 5.92 Å². The lowest BCUT2D eigenvalue weighted by Crippen LogP contribution is -2.33. The number of rotatable bonds is 7. The molecule has 1 saturated carbocycles. The summed E-state index contributed by atoms with van der Waals surface area (Å²) in [5.41, 5.74) is 0.101. The van der Waals surface area contributed by atoms with Gasteiger partial charge >= 0.3 is 0 Å². The van der Waals surface area contributed by atoms with Gasteiger partial charge in [-0.15, -0.1) is 0 Å². The molecule has 1 unspecified atom stereocenters. The van der Waals surface area contributed by atoms with Crippen molar-refractivity contribution in [2.75, 3.05) is 13.1 Å². The summed E-state index contributed by atoms with van der Waals surface area (Å²) in [4.78, 5) is 17.5. The van der Waals surface area contributed by atoms with Crippen LogP contribution in [0.3, 0.4) is 0 Å². The van der Waals surface area contributed by atoms with Crippen LogP contribution in [0.2, 0.25) is 5.02 Å². The fourth-order valence-corrected chi connectivity index (χ4v) is 5.28. The van der Waals surface area contributed by atoms with Crippen LogP contribution < -0.4 is 5.32 Å².